The minimum atomic E-state index is -3.67. The van der Waals surface area contributed by atoms with Gasteiger partial charge in [-0.15, -0.1) is 6.58 Å². The van der Waals surface area contributed by atoms with Crippen LogP contribution < -0.4 is 21.3 Å². The van der Waals surface area contributed by atoms with Gasteiger partial charge in [0.15, 0.2) is 0 Å². The Morgan fingerprint density at radius 3 is 2.04 bits per heavy atom. The smallest absolute Gasteiger partial charge is 0.315 e. The number of nitrogens with zero attached hydrogens (tertiary/aromatic N) is 3. The molecular formula is C34H61N7O7S. The van der Waals surface area contributed by atoms with Gasteiger partial charge in [-0.05, 0) is 41.9 Å². The Kier molecular flexibility index (Phi) is 14.8. The normalized spacial score (nSPS) is 20.6. The number of ketones is 1. The molecule has 5 amide bonds. The summed E-state index contributed by atoms with van der Waals surface area (Å²) in [4.78, 5) is 68.8. The quantitative estimate of drug-likeness (QED) is 0.140. The van der Waals surface area contributed by atoms with E-state index >= 15 is 0 Å². The molecule has 2 saturated heterocycles. The molecule has 0 radical (unpaired) electrons. The highest BCUT2D eigenvalue weighted by Gasteiger charge is 2.48. The number of hydrogen-bond acceptors (Lipinski definition) is 7. The average Bonchev–Trinajstić information content (AvgIpc) is 3.41. The van der Waals surface area contributed by atoms with Gasteiger partial charge in [0.05, 0.1) is 6.04 Å². The third-order valence-corrected chi connectivity index (χ3v) is 11.4. The summed E-state index contributed by atoms with van der Waals surface area (Å²) in [7, 11) is -2.18. The summed E-state index contributed by atoms with van der Waals surface area (Å²) in [6.07, 6.45) is 3.58. The lowest BCUT2D eigenvalue weighted by molar-refractivity contribution is -0.144. The van der Waals surface area contributed by atoms with Crippen LogP contribution in [0.15, 0.2) is 12.7 Å². The second-order valence-corrected chi connectivity index (χ2v) is 17.8. The van der Waals surface area contributed by atoms with Gasteiger partial charge >= 0.3 is 6.03 Å². The molecule has 0 bridgehead atoms. The Labute approximate surface area is 293 Å². The predicted octanol–water partition coefficient (Wildman–Crippen LogP) is 2.03. The van der Waals surface area contributed by atoms with E-state index in [1.54, 1.807) is 0 Å². The van der Waals surface area contributed by atoms with Gasteiger partial charge in [0.25, 0.3) is 16.1 Å². The number of amides is 5. The van der Waals surface area contributed by atoms with Crippen molar-refractivity contribution in [3.8, 4) is 0 Å². The first-order chi connectivity index (χ1) is 22.6. The maximum Gasteiger partial charge on any atom is 0.315 e. The molecule has 280 valence electrons. The number of urea groups is 1. The summed E-state index contributed by atoms with van der Waals surface area (Å²) in [5.41, 5.74) is -1.31. The van der Waals surface area contributed by atoms with E-state index in [0.717, 1.165) is 6.42 Å². The predicted molar refractivity (Wildman–Crippen MR) is 189 cm³/mol. The van der Waals surface area contributed by atoms with Crippen molar-refractivity contribution in [1.82, 2.24) is 34.8 Å². The molecular weight excluding hydrogens is 650 g/mol. The second-order valence-electron chi connectivity index (χ2n) is 15.8. The van der Waals surface area contributed by atoms with Crippen LogP contribution in [0.3, 0.4) is 0 Å². The molecule has 1 unspecified atom stereocenters. The third kappa shape index (κ3) is 11.0. The molecule has 0 aromatic heterocycles. The third-order valence-electron chi connectivity index (χ3n) is 9.41. The van der Waals surface area contributed by atoms with Crippen LogP contribution >= 0.6 is 0 Å². The summed E-state index contributed by atoms with van der Waals surface area (Å²) in [5.74, 6) is -2.76. The second kappa shape index (κ2) is 17.3. The molecule has 2 heterocycles. The largest absolute Gasteiger partial charge is 0.346 e. The van der Waals surface area contributed by atoms with Crippen molar-refractivity contribution in [2.45, 2.75) is 112 Å². The number of carbonyl (C=O) groups is 5. The summed E-state index contributed by atoms with van der Waals surface area (Å²) < 4.78 is 28.6. The zero-order chi connectivity index (χ0) is 37.5. The maximum atomic E-state index is 14.4. The minimum absolute atomic E-state index is 0.0196. The van der Waals surface area contributed by atoms with Crippen molar-refractivity contribution < 1.29 is 32.4 Å². The lowest BCUT2D eigenvalue weighted by Crippen LogP contribution is -2.62. The number of rotatable bonds is 16. The summed E-state index contributed by atoms with van der Waals surface area (Å²) in [5, 5.41) is 11.0. The fourth-order valence-corrected chi connectivity index (χ4v) is 7.52. The molecule has 4 N–H and O–H groups in total. The Morgan fingerprint density at radius 2 is 1.57 bits per heavy atom. The van der Waals surface area contributed by atoms with Crippen molar-refractivity contribution in [3.05, 3.63) is 12.7 Å². The lowest BCUT2D eigenvalue weighted by atomic mass is 9.84. The van der Waals surface area contributed by atoms with Crippen LogP contribution in [0.2, 0.25) is 0 Å². The molecule has 0 aliphatic carbocycles. The van der Waals surface area contributed by atoms with Gasteiger partial charge in [-0.3, -0.25) is 19.2 Å². The topological polar surface area (TPSA) is 177 Å². The Morgan fingerprint density at radius 1 is 0.959 bits per heavy atom. The van der Waals surface area contributed by atoms with E-state index in [0.29, 0.717) is 25.9 Å². The Balaban J connectivity index is 2.32. The summed E-state index contributed by atoms with van der Waals surface area (Å²) >= 11 is 0. The molecule has 0 spiro atoms. The maximum absolute atomic E-state index is 14.4. The number of hydrogen-bond donors (Lipinski definition) is 4. The van der Waals surface area contributed by atoms with Crippen molar-refractivity contribution in [1.29, 1.82) is 0 Å². The van der Waals surface area contributed by atoms with Crippen LogP contribution in [0.1, 0.15) is 88.0 Å². The standard InChI is InChI=1S/C34H61N7O7S/c1-12-15-24(27(42)30(44)35-17-13-2)36-29(43)26-23(22(3)4)16-20-41(26)31(45)28(34(8,9)10)38-32(46)37-25(33(5,6)7)21-39(11)49(47,48)40-18-14-19-40/h13,22-26,28H,2,12,14-21H2,1,3-11H3,(H,35,44)(H,36,43)(H2,37,38,46)/t23-,24?,25-,26+,28-/m1/s1. The summed E-state index contributed by atoms with van der Waals surface area (Å²) in [6, 6.07) is -4.27. The van der Waals surface area contributed by atoms with E-state index < -0.39 is 74.7 Å². The number of likely N-dealkylation sites (tertiary alicyclic amines) is 1. The van der Waals surface area contributed by atoms with Crippen LogP contribution in [0.4, 0.5) is 4.79 Å². The van der Waals surface area contributed by atoms with E-state index in [1.807, 2.05) is 62.3 Å². The van der Waals surface area contributed by atoms with E-state index in [4.69, 9.17) is 0 Å². The van der Waals surface area contributed by atoms with E-state index in [2.05, 4.69) is 27.8 Å². The van der Waals surface area contributed by atoms with Gasteiger partial charge < -0.3 is 26.2 Å². The van der Waals surface area contributed by atoms with Crippen molar-refractivity contribution in [2.24, 2.45) is 22.7 Å². The monoisotopic (exact) mass is 711 g/mol. The highest BCUT2D eigenvalue weighted by atomic mass is 32.2. The Hall–Kier alpha value is -3.04. The molecule has 2 aliphatic rings. The molecule has 14 nitrogen and oxygen atoms in total. The summed E-state index contributed by atoms with van der Waals surface area (Å²) in [6.45, 7) is 21.8. The number of nitrogens with one attached hydrogen (secondary N) is 4. The average molecular weight is 712 g/mol. The molecule has 2 aliphatic heterocycles. The van der Waals surface area contributed by atoms with Gasteiger partial charge in [0.1, 0.15) is 12.1 Å². The van der Waals surface area contributed by atoms with Crippen LogP contribution in [0.5, 0.6) is 0 Å². The van der Waals surface area contributed by atoms with Crippen molar-refractivity contribution in [2.75, 3.05) is 39.8 Å². The fraction of sp³-hybridized carbons (Fsp3) is 0.794. The number of carbonyl (C=O) groups excluding carboxylic acids is 5. The van der Waals surface area contributed by atoms with E-state index in [-0.39, 0.29) is 37.9 Å². The molecule has 2 rings (SSSR count). The SMILES string of the molecule is C=CCNC(=O)C(=O)C(CCC)NC(=O)[C@@H]1[C@@H](C(C)C)CCN1C(=O)[C@@H](NC(=O)N[C@H](CN(C)S(=O)(=O)N1CCC1)C(C)(C)C)C(C)(C)C. The van der Waals surface area contributed by atoms with Crippen LogP contribution in [0.25, 0.3) is 0 Å². The minimum Gasteiger partial charge on any atom is -0.346 e. The number of likely N-dealkylation sites (N-methyl/N-ethyl adjacent to an activating group) is 1. The molecule has 49 heavy (non-hydrogen) atoms. The van der Waals surface area contributed by atoms with Crippen molar-refractivity contribution in [3.63, 3.8) is 0 Å². The van der Waals surface area contributed by atoms with E-state index in [1.165, 1.54) is 26.6 Å². The highest BCUT2D eigenvalue weighted by Crippen LogP contribution is 2.33. The zero-order valence-electron chi connectivity index (χ0n) is 31.2. The molecule has 5 atom stereocenters. The lowest BCUT2D eigenvalue weighted by Gasteiger charge is -2.39. The first-order valence-corrected chi connectivity index (χ1v) is 18.8. The fourth-order valence-electron chi connectivity index (χ4n) is 6.07. The van der Waals surface area contributed by atoms with Gasteiger partial charge in [-0.2, -0.15) is 17.0 Å². The van der Waals surface area contributed by atoms with Crippen LogP contribution in [0, 0.1) is 22.7 Å². The van der Waals surface area contributed by atoms with Crippen LogP contribution in [-0.2, 0) is 29.4 Å². The highest BCUT2D eigenvalue weighted by molar-refractivity contribution is 7.86. The van der Waals surface area contributed by atoms with Gasteiger partial charge in [0.2, 0.25) is 17.6 Å². The molecule has 0 aromatic rings. The molecule has 0 saturated carbocycles. The van der Waals surface area contributed by atoms with Crippen LogP contribution in [-0.4, -0.2) is 115 Å². The first kappa shape index (κ1) is 42.1. The van der Waals surface area contributed by atoms with Gasteiger partial charge in [0, 0.05) is 45.8 Å². The molecule has 2 fully saturated rings. The number of Topliss-reactive ketones (excluding diaryl/α,β-unsaturated/α-hetero) is 1. The Bertz CT molecular complexity index is 1320. The first-order valence-electron chi connectivity index (χ1n) is 17.4. The van der Waals surface area contributed by atoms with E-state index in [9.17, 15) is 32.4 Å². The van der Waals surface area contributed by atoms with Crippen molar-refractivity contribution >= 4 is 39.7 Å². The van der Waals surface area contributed by atoms with Gasteiger partial charge in [-0.1, -0.05) is 74.8 Å². The van der Waals surface area contributed by atoms with Gasteiger partial charge in [-0.25, -0.2) is 4.79 Å². The molecule has 0 aromatic carbocycles. The zero-order valence-corrected chi connectivity index (χ0v) is 32.0. The molecule has 15 heteroatoms.